The number of rotatable bonds is 10. The normalized spacial score (nSPS) is 12.4. The smallest absolute Gasteiger partial charge is 0.252 e. The minimum Gasteiger partial charge on any atom is -0.311 e. The molecule has 0 spiro atoms. The Kier molecular flexibility index (Phi) is 11.2. The van der Waals surface area contributed by atoms with Crippen LogP contribution in [0.3, 0.4) is 0 Å². The molecule has 0 N–H and O–H groups in total. The van der Waals surface area contributed by atoms with Gasteiger partial charge in [0.05, 0.1) is 22.1 Å². The average molecular weight is 1090 g/mol. The zero-order valence-electron chi connectivity index (χ0n) is 46.4. The van der Waals surface area contributed by atoms with Gasteiger partial charge in [0.2, 0.25) is 0 Å². The van der Waals surface area contributed by atoms with E-state index >= 15 is 0 Å². The maximum atomic E-state index is 2.54. The first kappa shape index (κ1) is 48.4. The summed E-state index contributed by atoms with van der Waals surface area (Å²) in [5.74, 6) is 0. The second-order valence-electron chi connectivity index (χ2n) is 22.1. The van der Waals surface area contributed by atoms with E-state index in [9.17, 15) is 0 Å². The van der Waals surface area contributed by atoms with Crippen molar-refractivity contribution in [3.63, 3.8) is 0 Å². The Morgan fingerprint density at radius 1 is 0.224 bits per heavy atom. The molecule has 398 valence electrons. The van der Waals surface area contributed by atoms with E-state index in [0.717, 1.165) is 102 Å². The van der Waals surface area contributed by atoms with E-state index in [1.54, 1.807) is 0 Å². The van der Waals surface area contributed by atoms with Gasteiger partial charge in [0.25, 0.3) is 6.71 Å². The average Bonchev–Trinajstić information content (AvgIpc) is 1.94. The van der Waals surface area contributed by atoms with Crippen LogP contribution >= 0.6 is 0 Å². The Hall–Kier alpha value is -11.3. The van der Waals surface area contributed by atoms with Gasteiger partial charge in [-0.25, -0.2) is 0 Å². The maximum Gasteiger partial charge on any atom is 0.252 e. The summed E-state index contributed by atoms with van der Waals surface area (Å²) in [4.78, 5) is 9.78. The lowest BCUT2D eigenvalue weighted by Crippen LogP contribution is -2.61. The lowest BCUT2D eigenvalue weighted by atomic mass is 9.33. The molecule has 0 unspecified atom stereocenters. The molecule has 0 aliphatic carbocycles. The van der Waals surface area contributed by atoms with Crippen molar-refractivity contribution in [1.82, 2.24) is 9.13 Å². The molecule has 2 aliphatic heterocycles. The highest BCUT2D eigenvalue weighted by Crippen LogP contribution is 2.49. The summed E-state index contributed by atoms with van der Waals surface area (Å²) >= 11 is 0. The van der Waals surface area contributed by atoms with Crippen molar-refractivity contribution in [1.29, 1.82) is 0 Å². The van der Waals surface area contributed by atoms with Gasteiger partial charge in [0.15, 0.2) is 0 Å². The Labute approximate surface area is 493 Å². The molecule has 13 aromatic carbocycles. The minimum absolute atomic E-state index is 0.168. The molecular weight excluding hydrogens is 1030 g/mol. The van der Waals surface area contributed by atoms with Crippen molar-refractivity contribution in [2.75, 3.05) is 19.6 Å². The molecule has 7 heteroatoms. The van der Waals surface area contributed by atoms with Gasteiger partial charge < -0.3 is 28.7 Å². The van der Waals surface area contributed by atoms with E-state index in [1.807, 2.05) is 0 Å². The van der Waals surface area contributed by atoms with Crippen LogP contribution in [0, 0.1) is 0 Å². The number of benzene rings is 13. The Bertz CT molecular complexity index is 4610. The Morgan fingerprint density at radius 3 is 0.871 bits per heavy atom. The summed E-state index contributed by atoms with van der Waals surface area (Å²) in [6.07, 6.45) is 0. The van der Waals surface area contributed by atoms with Gasteiger partial charge in [0.1, 0.15) is 0 Å². The lowest BCUT2D eigenvalue weighted by molar-refractivity contribution is 1.17. The molecule has 0 saturated heterocycles. The molecule has 85 heavy (non-hydrogen) atoms. The molecule has 15 aromatic rings. The maximum absolute atomic E-state index is 2.54. The molecule has 0 bridgehead atoms. The fraction of sp³-hybridized carbons (Fsp3) is 0. The van der Waals surface area contributed by atoms with Crippen molar-refractivity contribution in [3.8, 4) is 11.4 Å². The molecule has 0 fully saturated rings. The number of para-hydroxylation sites is 8. The topological polar surface area (TPSA) is 22.8 Å². The van der Waals surface area contributed by atoms with Crippen molar-refractivity contribution in [2.24, 2.45) is 0 Å². The highest BCUT2D eigenvalue weighted by molar-refractivity contribution is 7.00. The van der Waals surface area contributed by atoms with Crippen molar-refractivity contribution in [2.45, 2.75) is 0 Å². The van der Waals surface area contributed by atoms with Crippen LogP contribution in [-0.2, 0) is 0 Å². The SMILES string of the molecule is c1ccc(N(c2ccccc2)c2ccc3c4cc5c(cc4n(-c4ccccc4)c3c2)B2c3cc4c(cc3N(c3ccccc3)c3cccc(c32)N5c2ccccc2)c2ccc(N(c3ccccc3)c3ccccc3)cc2n4-c2ccccc2)cc1. The van der Waals surface area contributed by atoms with E-state index in [2.05, 4.69) is 350 Å². The van der Waals surface area contributed by atoms with E-state index < -0.39 is 0 Å². The third kappa shape index (κ3) is 7.74. The summed E-state index contributed by atoms with van der Waals surface area (Å²) in [6.45, 7) is -0.168. The fourth-order valence-corrected chi connectivity index (χ4v) is 13.8. The number of anilines is 12. The standard InChI is InChI=1S/C78H53BN6/c1-9-26-54(27-10-1)80(55-28-11-2-12-29-55)62-44-46-64-66-50-76-68(52-74(66)84(72(64)48-62)60-38-21-7-22-39-60)79-69-53-75-67(51-77(69)83(59-36-19-6-20-37-59)71-43-25-42-70(78(71)79)82(76)58-34-17-5-18-35-58)65-47-45-63(49-73(65)85(75)61-40-23-8-24-41-61)81(56-30-13-3-14-31-56)57-32-15-4-16-33-57/h1-53H. The molecule has 0 saturated carbocycles. The number of aromatic nitrogens is 2. The Balaban J connectivity index is 0.967. The number of nitrogens with zero attached hydrogens (tertiary/aromatic N) is 6. The quantitative estimate of drug-likeness (QED) is 0.127. The van der Waals surface area contributed by atoms with Gasteiger partial charge in [-0.3, -0.25) is 0 Å². The van der Waals surface area contributed by atoms with Crippen LogP contribution in [0.4, 0.5) is 68.2 Å². The number of fused-ring (bicyclic) bond motifs is 10. The number of hydrogen-bond acceptors (Lipinski definition) is 4. The predicted molar refractivity (Wildman–Crippen MR) is 359 cm³/mol. The van der Waals surface area contributed by atoms with Crippen molar-refractivity contribution < 1.29 is 0 Å². The van der Waals surface area contributed by atoms with Gasteiger partial charge in [-0.2, -0.15) is 0 Å². The first-order valence-corrected chi connectivity index (χ1v) is 29.2. The van der Waals surface area contributed by atoms with Crippen LogP contribution < -0.4 is 36.0 Å². The summed E-state index contributed by atoms with van der Waals surface area (Å²) in [6, 6.07) is 118. The number of hydrogen-bond donors (Lipinski definition) is 0. The zero-order chi connectivity index (χ0) is 56.0. The van der Waals surface area contributed by atoms with Gasteiger partial charge in [-0.1, -0.05) is 164 Å². The minimum atomic E-state index is -0.168. The third-order valence-corrected chi connectivity index (χ3v) is 17.4. The highest BCUT2D eigenvalue weighted by Gasteiger charge is 2.44. The molecular formula is C78H53BN6. The molecule has 4 heterocycles. The highest BCUT2D eigenvalue weighted by atomic mass is 15.2. The van der Waals surface area contributed by atoms with Crippen LogP contribution in [-0.4, -0.2) is 15.8 Å². The van der Waals surface area contributed by atoms with Gasteiger partial charge in [0, 0.05) is 101 Å². The van der Waals surface area contributed by atoms with Crippen LogP contribution in [0.15, 0.2) is 322 Å². The molecule has 0 amide bonds. The van der Waals surface area contributed by atoms with E-state index in [-0.39, 0.29) is 6.71 Å². The van der Waals surface area contributed by atoms with E-state index in [0.29, 0.717) is 0 Å². The summed E-state index contributed by atoms with van der Waals surface area (Å²) in [7, 11) is 0. The van der Waals surface area contributed by atoms with Crippen LogP contribution in [0.2, 0.25) is 0 Å². The molecule has 2 aliphatic rings. The molecule has 0 atom stereocenters. The first-order chi connectivity index (χ1) is 42.2. The lowest BCUT2D eigenvalue weighted by Gasteiger charge is -2.44. The molecule has 6 nitrogen and oxygen atoms in total. The van der Waals surface area contributed by atoms with Crippen molar-refractivity contribution in [3.05, 3.63) is 322 Å². The predicted octanol–water partition coefficient (Wildman–Crippen LogP) is 18.9. The summed E-state index contributed by atoms with van der Waals surface area (Å²) in [5.41, 5.74) is 24.0. The fourth-order valence-electron chi connectivity index (χ4n) is 13.8. The van der Waals surface area contributed by atoms with E-state index in [1.165, 1.54) is 37.9 Å². The van der Waals surface area contributed by atoms with Crippen LogP contribution in [0.1, 0.15) is 0 Å². The third-order valence-electron chi connectivity index (χ3n) is 17.4. The van der Waals surface area contributed by atoms with Gasteiger partial charge in [-0.05, 0) is 174 Å². The van der Waals surface area contributed by atoms with Gasteiger partial charge in [-0.15, -0.1) is 0 Å². The second kappa shape index (κ2) is 19.7. The monoisotopic (exact) mass is 1080 g/mol. The first-order valence-electron chi connectivity index (χ1n) is 29.2. The Morgan fingerprint density at radius 2 is 0.529 bits per heavy atom. The summed E-state index contributed by atoms with van der Waals surface area (Å²) < 4.78 is 5.00. The zero-order valence-corrected chi connectivity index (χ0v) is 46.4. The van der Waals surface area contributed by atoms with Gasteiger partial charge >= 0.3 is 0 Å². The molecule has 0 radical (unpaired) electrons. The van der Waals surface area contributed by atoms with Crippen LogP contribution in [0.25, 0.3) is 55.0 Å². The van der Waals surface area contributed by atoms with Crippen LogP contribution in [0.5, 0.6) is 0 Å². The second-order valence-corrected chi connectivity index (χ2v) is 22.1. The van der Waals surface area contributed by atoms with Crippen molar-refractivity contribution >= 4 is 135 Å². The summed E-state index contributed by atoms with van der Waals surface area (Å²) in [5, 5.41) is 4.75. The molecule has 17 rings (SSSR count). The largest absolute Gasteiger partial charge is 0.311 e. The molecule has 2 aromatic heterocycles. The van der Waals surface area contributed by atoms with E-state index in [4.69, 9.17) is 0 Å².